The number of hydrogen-bond donors (Lipinski definition) is 2. The van der Waals surface area contributed by atoms with Gasteiger partial charge in [-0.05, 0) is 56.5 Å². The molecule has 0 bridgehead atoms. The number of piperidine rings is 1. The maximum absolute atomic E-state index is 12.0. The van der Waals surface area contributed by atoms with Gasteiger partial charge in [0.25, 0.3) is 0 Å². The van der Waals surface area contributed by atoms with Gasteiger partial charge in [0.05, 0.1) is 13.5 Å². The second-order valence-electron chi connectivity index (χ2n) is 5.48. The van der Waals surface area contributed by atoms with Crippen molar-refractivity contribution in [2.45, 2.75) is 25.7 Å². The van der Waals surface area contributed by atoms with E-state index in [0.29, 0.717) is 23.1 Å². The van der Waals surface area contributed by atoms with Gasteiger partial charge in [0.2, 0.25) is 5.91 Å². The molecule has 1 aliphatic rings. The van der Waals surface area contributed by atoms with E-state index in [-0.39, 0.29) is 5.91 Å². The van der Waals surface area contributed by atoms with Crippen molar-refractivity contribution < 1.29 is 9.53 Å². The lowest BCUT2D eigenvalue weighted by Gasteiger charge is -2.22. The van der Waals surface area contributed by atoms with Crippen molar-refractivity contribution in [3.8, 4) is 5.75 Å². The lowest BCUT2D eigenvalue weighted by Crippen LogP contribution is -2.33. The number of carbonyl (C=O) groups excluding carboxylic acids is 1. The van der Waals surface area contributed by atoms with E-state index in [4.69, 9.17) is 16.3 Å². The van der Waals surface area contributed by atoms with Gasteiger partial charge in [0.15, 0.2) is 0 Å². The molecule has 116 valence electrons. The first-order valence-corrected chi connectivity index (χ1v) is 7.86. The van der Waals surface area contributed by atoms with E-state index in [1.165, 1.54) is 12.8 Å². The number of amides is 1. The highest BCUT2D eigenvalue weighted by Crippen LogP contribution is 2.23. The van der Waals surface area contributed by atoms with Crippen molar-refractivity contribution in [2.24, 2.45) is 5.92 Å². The quantitative estimate of drug-likeness (QED) is 0.848. The van der Waals surface area contributed by atoms with Crippen molar-refractivity contribution in [2.75, 3.05) is 26.7 Å². The number of hydrogen-bond acceptors (Lipinski definition) is 3. The minimum Gasteiger partial charge on any atom is -0.496 e. The van der Waals surface area contributed by atoms with E-state index in [1.807, 2.05) is 0 Å². The predicted octanol–water partition coefficient (Wildman–Crippen LogP) is 2.40. The van der Waals surface area contributed by atoms with Crippen molar-refractivity contribution in [1.82, 2.24) is 10.6 Å². The third-order valence-corrected chi connectivity index (χ3v) is 4.10. The van der Waals surface area contributed by atoms with Crippen LogP contribution in [0.25, 0.3) is 0 Å². The third-order valence-electron chi connectivity index (χ3n) is 3.87. The predicted molar refractivity (Wildman–Crippen MR) is 84.9 cm³/mol. The summed E-state index contributed by atoms with van der Waals surface area (Å²) >= 11 is 5.97. The molecule has 0 aliphatic carbocycles. The molecule has 1 unspecified atom stereocenters. The molecule has 2 rings (SSSR count). The molecule has 1 amide bonds. The molecule has 1 aromatic rings. The van der Waals surface area contributed by atoms with Gasteiger partial charge < -0.3 is 15.4 Å². The summed E-state index contributed by atoms with van der Waals surface area (Å²) in [5.41, 5.74) is 0.821. The number of methoxy groups -OCH3 is 1. The van der Waals surface area contributed by atoms with E-state index in [0.717, 1.165) is 31.6 Å². The zero-order chi connectivity index (χ0) is 15.1. The third kappa shape index (κ3) is 5.21. The molecule has 1 fully saturated rings. The van der Waals surface area contributed by atoms with E-state index >= 15 is 0 Å². The van der Waals surface area contributed by atoms with Crippen molar-refractivity contribution in [3.05, 3.63) is 28.8 Å². The molecule has 1 aromatic carbocycles. The van der Waals surface area contributed by atoms with Crippen LogP contribution < -0.4 is 15.4 Å². The Hall–Kier alpha value is -1.26. The Morgan fingerprint density at radius 1 is 1.52 bits per heavy atom. The molecule has 1 aliphatic heterocycles. The van der Waals surface area contributed by atoms with Gasteiger partial charge in [-0.2, -0.15) is 0 Å². The first-order chi connectivity index (χ1) is 10.2. The fourth-order valence-electron chi connectivity index (χ4n) is 2.71. The first-order valence-electron chi connectivity index (χ1n) is 7.49. The normalized spacial score (nSPS) is 18.3. The van der Waals surface area contributed by atoms with Crippen LogP contribution in [-0.4, -0.2) is 32.7 Å². The fraction of sp³-hybridized carbons (Fsp3) is 0.562. The van der Waals surface area contributed by atoms with Gasteiger partial charge in [0, 0.05) is 17.1 Å². The zero-order valence-corrected chi connectivity index (χ0v) is 13.2. The summed E-state index contributed by atoms with van der Waals surface area (Å²) in [5, 5.41) is 6.99. The van der Waals surface area contributed by atoms with Gasteiger partial charge in [0.1, 0.15) is 5.75 Å². The molecule has 0 spiro atoms. The molecule has 21 heavy (non-hydrogen) atoms. The highest BCUT2D eigenvalue weighted by Gasteiger charge is 2.13. The van der Waals surface area contributed by atoms with E-state index in [1.54, 1.807) is 25.3 Å². The second kappa shape index (κ2) is 8.25. The Kier molecular flexibility index (Phi) is 6.33. The average molecular weight is 311 g/mol. The van der Waals surface area contributed by atoms with Crippen LogP contribution in [0.3, 0.4) is 0 Å². The first kappa shape index (κ1) is 16.1. The van der Waals surface area contributed by atoms with Crippen molar-refractivity contribution in [1.29, 1.82) is 0 Å². The molecule has 2 N–H and O–H groups in total. The largest absolute Gasteiger partial charge is 0.496 e. The summed E-state index contributed by atoms with van der Waals surface area (Å²) in [5.74, 6) is 1.39. The van der Waals surface area contributed by atoms with Crippen LogP contribution in [0, 0.1) is 5.92 Å². The molecule has 0 saturated carbocycles. The average Bonchev–Trinajstić information content (AvgIpc) is 2.48. The molecule has 1 saturated heterocycles. The summed E-state index contributed by atoms with van der Waals surface area (Å²) in [6.45, 7) is 2.92. The lowest BCUT2D eigenvalue weighted by molar-refractivity contribution is -0.120. The number of ether oxygens (including phenoxy) is 1. The Balaban J connectivity index is 1.77. The Labute approximate surface area is 131 Å². The summed E-state index contributed by atoms with van der Waals surface area (Å²) in [4.78, 5) is 12.0. The van der Waals surface area contributed by atoms with E-state index < -0.39 is 0 Å². The van der Waals surface area contributed by atoms with Crippen LogP contribution in [-0.2, 0) is 11.2 Å². The van der Waals surface area contributed by atoms with Gasteiger partial charge >= 0.3 is 0 Å². The molecular formula is C16H23ClN2O2. The van der Waals surface area contributed by atoms with Crippen molar-refractivity contribution in [3.63, 3.8) is 0 Å². The number of halogens is 1. The molecule has 4 nitrogen and oxygen atoms in total. The lowest BCUT2D eigenvalue weighted by atomic mass is 9.96. The molecule has 0 aromatic heterocycles. The van der Waals surface area contributed by atoms with Crippen LogP contribution in [0.15, 0.2) is 18.2 Å². The molecule has 1 atom stereocenters. The Morgan fingerprint density at radius 2 is 2.38 bits per heavy atom. The zero-order valence-electron chi connectivity index (χ0n) is 12.5. The van der Waals surface area contributed by atoms with Crippen LogP contribution in [0.2, 0.25) is 5.02 Å². The van der Waals surface area contributed by atoms with Gasteiger partial charge in [-0.1, -0.05) is 11.6 Å². The molecule has 1 heterocycles. The Morgan fingerprint density at radius 3 is 3.10 bits per heavy atom. The maximum atomic E-state index is 12.0. The molecular weight excluding hydrogens is 288 g/mol. The van der Waals surface area contributed by atoms with E-state index in [2.05, 4.69) is 10.6 Å². The second-order valence-corrected chi connectivity index (χ2v) is 5.92. The highest BCUT2D eigenvalue weighted by atomic mass is 35.5. The van der Waals surface area contributed by atoms with Gasteiger partial charge in [-0.3, -0.25) is 4.79 Å². The monoisotopic (exact) mass is 310 g/mol. The van der Waals surface area contributed by atoms with Gasteiger partial charge in [-0.25, -0.2) is 0 Å². The number of benzene rings is 1. The SMILES string of the molecule is COc1ccc(Cl)cc1CC(=O)NCCC1CCCNC1. The highest BCUT2D eigenvalue weighted by molar-refractivity contribution is 6.30. The minimum absolute atomic E-state index is 0.0133. The van der Waals surface area contributed by atoms with Crippen LogP contribution in [0.5, 0.6) is 5.75 Å². The summed E-state index contributed by atoms with van der Waals surface area (Å²) in [6, 6.07) is 5.33. The van der Waals surface area contributed by atoms with Crippen LogP contribution >= 0.6 is 11.6 Å². The molecule has 5 heteroatoms. The maximum Gasteiger partial charge on any atom is 0.224 e. The standard InChI is InChI=1S/C16H23ClN2O2/c1-21-15-5-4-14(17)9-13(15)10-16(20)19-8-6-12-3-2-7-18-11-12/h4-5,9,12,18H,2-3,6-8,10-11H2,1H3,(H,19,20). The van der Waals surface area contributed by atoms with Crippen LogP contribution in [0.1, 0.15) is 24.8 Å². The van der Waals surface area contributed by atoms with Crippen LogP contribution in [0.4, 0.5) is 0 Å². The summed E-state index contributed by atoms with van der Waals surface area (Å²) < 4.78 is 5.25. The van der Waals surface area contributed by atoms with Crippen molar-refractivity contribution >= 4 is 17.5 Å². The molecule has 0 radical (unpaired) electrons. The smallest absolute Gasteiger partial charge is 0.224 e. The number of nitrogens with one attached hydrogen (secondary N) is 2. The Bertz CT molecular complexity index is 473. The summed E-state index contributed by atoms with van der Waals surface area (Å²) in [6.07, 6.45) is 3.82. The minimum atomic E-state index is 0.0133. The number of rotatable bonds is 6. The number of carbonyl (C=O) groups is 1. The van der Waals surface area contributed by atoms with E-state index in [9.17, 15) is 4.79 Å². The van der Waals surface area contributed by atoms with Gasteiger partial charge in [-0.15, -0.1) is 0 Å². The fourth-order valence-corrected chi connectivity index (χ4v) is 2.90. The summed E-state index contributed by atoms with van der Waals surface area (Å²) in [7, 11) is 1.60. The topological polar surface area (TPSA) is 50.4 Å².